The number of hydrogen-bond acceptors (Lipinski definition) is 4. The third-order valence-electron chi connectivity index (χ3n) is 2.82. The molecule has 4 nitrogen and oxygen atoms in total. The van der Waals surface area contributed by atoms with Gasteiger partial charge in [-0.1, -0.05) is 6.07 Å². The van der Waals surface area contributed by atoms with Crippen LogP contribution < -0.4 is 0 Å². The van der Waals surface area contributed by atoms with Gasteiger partial charge in [-0.2, -0.15) is 0 Å². The van der Waals surface area contributed by atoms with Crippen molar-refractivity contribution in [3.8, 4) is 11.5 Å². The lowest BCUT2D eigenvalue weighted by molar-refractivity contribution is -0.131. The molecule has 0 aliphatic heterocycles. The number of carbonyl (C=O) groups excluding carboxylic acids is 2. The third kappa shape index (κ3) is 1.78. The maximum absolute atomic E-state index is 11.6. The lowest BCUT2D eigenvalue weighted by Crippen LogP contribution is -2.26. The third-order valence-corrected chi connectivity index (χ3v) is 2.82. The number of benzene rings is 1. The number of ketones is 2. The molecular formula is C12H12O4. The highest BCUT2D eigenvalue weighted by molar-refractivity contribution is 6.09. The van der Waals surface area contributed by atoms with Gasteiger partial charge in [-0.15, -0.1) is 0 Å². The fraction of sp³-hybridized carbons (Fsp3) is 0.333. The van der Waals surface area contributed by atoms with Crippen molar-refractivity contribution in [2.45, 2.75) is 25.2 Å². The minimum absolute atomic E-state index is 0.0862. The largest absolute Gasteiger partial charge is 0.508 e. The first-order chi connectivity index (χ1) is 7.59. The van der Waals surface area contributed by atoms with Crippen molar-refractivity contribution in [1.82, 2.24) is 0 Å². The van der Waals surface area contributed by atoms with Crippen LogP contribution in [0.2, 0.25) is 0 Å². The smallest absolute Gasteiger partial charge is 0.147 e. The average Bonchev–Trinajstić information content (AvgIpc) is 2.20. The average molecular weight is 220 g/mol. The van der Waals surface area contributed by atoms with Crippen LogP contribution in [0.5, 0.6) is 11.5 Å². The molecule has 1 aromatic carbocycles. The minimum Gasteiger partial charge on any atom is -0.508 e. The summed E-state index contributed by atoms with van der Waals surface area (Å²) in [5.74, 6) is -1.45. The van der Waals surface area contributed by atoms with E-state index in [1.165, 1.54) is 12.1 Å². The Bertz CT molecular complexity index is 434. The van der Waals surface area contributed by atoms with Crippen LogP contribution in [0.25, 0.3) is 0 Å². The fourth-order valence-corrected chi connectivity index (χ4v) is 2.03. The highest BCUT2D eigenvalue weighted by Crippen LogP contribution is 2.34. The van der Waals surface area contributed by atoms with E-state index < -0.39 is 5.92 Å². The summed E-state index contributed by atoms with van der Waals surface area (Å²) < 4.78 is 0. The van der Waals surface area contributed by atoms with E-state index in [1.807, 2.05) is 0 Å². The van der Waals surface area contributed by atoms with Gasteiger partial charge in [0.15, 0.2) is 0 Å². The van der Waals surface area contributed by atoms with E-state index in [0.29, 0.717) is 24.8 Å². The molecule has 0 aromatic heterocycles. The van der Waals surface area contributed by atoms with Gasteiger partial charge >= 0.3 is 0 Å². The Morgan fingerprint density at radius 2 is 1.69 bits per heavy atom. The van der Waals surface area contributed by atoms with Crippen LogP contribution in [-0.4, -0.2) is 21.8 Å². The lowest BCUT2D eigenvalue weighted by Gasteiger charge is -2.20. The first-order valence-electron chi connectivity index (χ1n) is 5.17. The number of phenolic OH excluding ortho intramolecular Hbond substituents is 2. The molecule has 0 saturated heterocycles. The van der Waals surface area contributed by atoms with Crippen LogP contribution in [-0.2, 0) is 9.59 Å². The second-order valence-corrected chi connectivity index (χ2v) is 3.96. The van der Waals surface area contributed by atoms with Gasteiger partial charge in [0.25, 0.3) is 0 Å². The van der Waals surface area contributed by atoms with E-state index in [0.717, 1.165) is 6.07 Å². The Balaban J connectivity index is 2.42. The molecule has 1 aliphatic rings. The standard InChI is InChI=1S/C12H12O4/c13-7-4-5-8(11(16)6-7)12-9(14)2-1-3-10(12)15/h4-6,12-13,16H,1-3H2. The first-order valence-corrected chi connectivity index (χ1v) is 5.17. The topological polar surface area (TPSA) is 74.6 Å². The van der Waals surface area contributed by atoms with Crippen molar-refractivity contribution >= 4 is 11.6 Å². The molecule has 1 aliphatic carbocycles. The predicted molar refractivity (Wildman–Crippen MR) is 56.4 cm³/mol. The Kier molecular flexibility index (Phi) is 2.64. The van der Waals surface area contributed by atoms with E-state index in [9.17, 15) is 14.7 Å². The van der Waals surface area contributed by atoms with Crippen LogP contribution in [0.4, 0.5) is 0 Å². The Labute approximate surface area is 92.5 Å². The molecule has 84 valence electrons. The Hall–Kier alpha value is -1.84. The zero-order chi connectivity index (χ0) is 11.7. The molecule has 1 fully saturated rings. The number of carbonyl (C=O) groups is 2. The number of aromatic hydroxyl groups is 2. The van der Waals surface area contributed by atoms with Gasteiger partial charge in [0, 0.05) is 24.5 Å². The highest BCUT2D eigenvalue weighted by atomic mass is 16.3. The molecule has 0 spiro atoms. The number of Topliss-reactive ketones (excluding diaryl/α,β-unsaturated/α-hetero) is 2. The summed E-state index contributed by atoms with van der Waals surface area (Å²) in [5, 5.41) is 18.8. The zero-order valence-corrected chi connectivity index (χ0v) is 8.64. The first kappa shape index (κ1) is 10.7. The van der Waals surface area contributed by atoms with Crippen LogP contribution >= 0.6 is 0 Å². The molecule has 4 heteroatoms. The van der Waals surface area contributed by atoms with Crippen molar-refractivity contribution < 1.29 is 19.8 Å². The molecule has 1 saturated carbocycles. The molecule has 0 radical (unpaired) electrons. The van der Waals surface area contributed by atoms with Gasteiger partial charge in [0.2, 0.25) is 0 Å². The Morgan fingerprint density at radius 3 is 2.25 bits per heavy atom. The van der Waals surface area contributed by atoms with Crippen molar-refractivity contribution in [3.63, 3.8) is 0 Å². The van der Waals surface area contributed by atoms with E-state index >= 15 is 0 Å². The van der Waals surface area contributed by atoms with E-state index in [-0.39, 0.29) is 23.1 Å². The van der Waals surface area contributed by atoms with Crippen LogP contribution in [0.15, 0.2) is 18.2 Å². The van der Waals surface area contributed by atoms with E-state index in [4.69, 9.17) is 5.11 Å². The fourth-order valence-electron chi connectivity index (χ4n) is 2.03. The van der Waals surface area contributed by atoms with Gasteiger partial charge in [0.05, 0.1) is 0 Å². The molecule has 1 aromatic rings. The van der Waals surface area contributed by atoms with E-state index in [2.05, 4.69) is 0 Å². The van der Waals surface area contributed by atoms with Crippen LogP contribution in [0.3, 0.4) is 0 Å². The van der Waals surface area contributed by atoms with Gasteiger partial charge in [0.1, 0.15) is 29.0 Å². The summed E-state index contributed by atoms with van der Waals surface area (Å²) in [6, 6.07) is 3.94. The normalized spacial score (nSPS) is 17.8. The number of phenols is 2. The van der Waals surface area contributed by atoms with Gasteiger partial charge in [-0.05, 0) is 12.5 Å². The van der Waals surface area contributed by atoms with Gasteiger partial charge in [-0.3, -0.25) is 9.59 Å². The van der Waals surface area contributed by atoms with Crippen molar-refractivity contribution in [1.29, 1.82) is 0 Å². The summed E-state index contributed by atoms with van der Waals surface area (Å²) in [6.07, 6.45) is 1.33. The number of rotatable bonds is 1. The SMILES string of the molecule is O=C1CCCC(=O)C1c1ccc(O)cc1O. The lowest BCUT2D eigenvalue weighted by atomic mass is 9.81. The second kappa shape index (κ2) is 3.96. The molecule has 0 unspecified atom stereocenters. The zero-order valence-electron chi connectivity index (χ0n) is 8.64. The van der Waals surface area contributed by atoms with Gasteiger partial charge in [-0.25, -0.2) is 0 Å². The molecule has 2 N–H and O–H groups in total. The quantitative estimate of drug-likeness (QED) is 0.703. The molecule has 16 heavy (non-hydrogen) atoms. The second-order valence-electron chi connectivity index (χ2n) is 3.96. The van der Waals surface area contributed by atoms with Crippen molar-refractivity contribution in [2.24, 2.45) is 0 Å². The predicted octanol–water partition coefficient (Wildman–Crippen LogP) is 1.50. The summed E-state index contributed by atoms with van der Waals surface area (Å²) in [6.45, 7) is 0. The van der Waals surface area contributed by atoms with Crippen molar-refractivity contribution in [2.75, 3.05) is 0 Å². The minimum atomic E-state index is -0.852. The monoisotopic (exact) mass is 220 g/mol. The summed E-state index contributed by atoms with van der Waals surface area (Å²) in [7, 11) is 0. The van der Waals surface area contributed by atoms with Crippen molar-refractivity contribution in [3.05, 3.63) is 23.8 Å². The van der Waals surface area contributed by atoms with Crippen LogP contribution in [0, 0.1) is 0 Å². The highest BCUT2D eigenvalue weighted by Gasteiger charge is 2.33. The molecular weight excluding hydrogens is 208 g/mol. The molecule has 2 rings (SSSR count). The molecule has 0 amide bonds. The van der Waals surface area contributed by atoms with Gasteiger partial charge < -0.3 is 10.2 Å². The van der Waals surface area contributed by atoms with E-state index in [1.54, 1.807) is 0 Å². The number of hydrogen-bond donors (Lipinski definition) is 2. The molecule has 0 heterocycles. The van der Waals surface area contributed by atoms with Crippen LogP contribution in [0.1, 0.15) is 30.7 Å². The maximum Gasteiger partial charge on any atom is 0.147 e. The molecule has 0 bridgehead atoms. The molecule has 0 atom stereocenters. The summed E-state index contributed by atoms with van der Waals surface area (Å²) >= 11 is 0. The summed E-state index contributed by atoms with van der Waals surface area (Å²) in [5.41, 5.74) is 0.299. The Morgan fingerprint density at radius 1 is 1.06 bits per heavy atom. The summed E-state index contributed by atoms with van der Waals surface area (Å²) in [4.78, 5) is 23.3. The maximum atomic E-state index is 11.6.